The smallest absolute Gasteiger partial charge is 0.338 e. The van der Waals surface area contributed by atoms with Crippen molar-refractivity contribution < 1.29 is 18.7 Å². The maximum absolute atomic E-state index is 13.2. The van der Waals surface area contributed by atoms with Crippen LogP contribution >= 0.6 is 0 Å². The van der Waals surface area contributed by atoms with Crippen molar-refractivity contribution in [3.8, 4) is 0 Å². The minimum atomic E-state index is -0.728. The van der Waals surface area contributed by atoms with E-state index in [1.807, 2.05) is 0 Å². The number of nitrogens with zero attached hydrogens (tertiary/aromatic N) is 1. The molecule has 5 nitrogen and oxygen atoms in total. The highest BCUT2D eigenvalue weighted by Gasteiger charge is 2.18. The highest BCUT2D eigenvalue weighted by molar-refractivity contribution is 5.91. The minimum Gasteiger partial charge on any atom is -0.452 e. The average molecular weight is 280 g/mol. The van der Waals surface area contributed by atoms with Crippen molar-refractivity contribution in [2.24, 2.45) is 0 Å². The Hall–Kier alpha value is -2.11. The Balaban J connectivity index is 1.88. The van der Waals surface area contributed by atoms with Gasteiger partial charge in [-0.2, -0.15) is 0 Å². The Kier molecular flexibility index (Phi) is 4.55. The van der Waals surface area contributed by atoms with Crippen LogP contribution in [0.4, 0.5) is 10.1 Å². The van der Waals surface area contributed by atoms with Gasteiger partial charge in [-0.05, 0) is 37.5 Å². The van der Waals surface area contributed by atoms with Crippen LogP contribution in [0, 0.1) is 5.82 Å². The van der Waals surface area contributed by atoms with Crippen molar-refractivity contribution in [2.75, 3.05) is 25.4 Å². The SMILES string of the molecule is Nc1ccc(C(=O)OCC(=O)N2CCCCC2)cc1F. The van der Waals surface area contributed by atoms with Gasteiger partial charge in [0, 0.05) is 13.1 Å². The van der Waals surface area contributed by atoms with E-state index >= 15 is 0 Å². The van der Waals surface area contributed by atoms with Crippen LogP contribution in [-0.2, 0) is 9.53 Å². The molecule has 20 heavy (non-hydrogen) atoms. The Labute approximate surface area is 116 Å². The maximum atomic E-state index is 13.2. The van der Waals surface area contributed by atoms with Gasteiger partial charge in [0.25, 0.3) is 5.91 Å². The molecule has 0 aromatic heterocycles. The van der Waals surface area contributed by atoms with E-state index in [0.29, 0.717) is 13.1 Å². The molecule has 0 saturated carbocycles. The number of anilines is 1. The van der Waals surface area contributed by atoms with Gasteiger partial charge in [-0.25, -0.2) is 9.18 Å². The van der Waals surface area contributed by atoms with Crippen molar-refractivity contribution in [3.63, 3.8) is 0 Å². The van der Waals surface area contributed by atoms with Gasteiger partial charge in [-0.15, -0.1) is 0 Å². The van der Waals surface area contributed by atoms with Gasteiger partial charge < -0.3 is 15.4 Å². The van der Waals surface area contributed by atoms with Crippen LogP contribution in [0.3, 0.4) is 0 Å². The first kappa shape index (κ1) is 14.3. The predicted octanol–water partition coefficient (Wildman–Crippen LogP) is 1.58. The molecule has 2 rings (SSSR count). The number of nitrogen functional groups attached to an aromatic ring is 1. The molecule has 0 bridgehead atoms. The third kappa shape index (κ3) is 3.46. The van der Waals surface area contributed by atoms with E-state index in [9.17, 15) is 14.0 Å². The Morgan fingerprint density at radius 2 is 1.95 bits per heavy atom. The average Bonchev–Trinajstić information content (AvgIpc) is 2.48. The molecular weight excluding hydrogens is 263 g/mol. The monoisotopic (exact) mass is 280 g/mol. The maximum Gasteiger partial charge on any atom is 0.338 e. The van der Waals surface area contributed by atoms with Crippen LogP contribution in [0.1, 0.15) is 29.6 Å². The molecule has 1 amide bonds. The first-order valence-electron chi connectivity index (χ1n) is 6.58. The number of hydrogen-bond acceptors (Lipinski definition) is 4. The molecule has 0 aliphatic carbocycles. The standard InChI is InChI=1S/C14H17FN2O3/c15-11-8-10(4-5-12(11)16)14(19)20-9-13(18)17-6-2-1-3-7-17/h4-5,8H,1-3,6-7,9,16H2. The molecule has 6 heteroatoms. The van der Waals surface area contributed by atoms with Crippen molar-refractivity contribution >= 4 is 17.6 Å². The number of ether oxygens (including phenoxy) is 1. The summed E-state index contributed by atoms with van der Waals surface area (Å²) in [5.74, 6) is -1.62. The molecule has 0 radical (unpaired) electrons. The normalized spacial score (nSPS) is 14.9. The van der Waals surface area contributed by atoms with E-state index in [-0.39, 0.29) is 23.8 Å². The quantitative estimate of drug-likeness (QED) is 0.674. The second-order valence-corrected chi connectivity index (χ2v) is 4.75. The van der Waals surface area contributed by atoms with Crippen LogP contribution < -0.4 is 5.73 Å². The van der Waals surface area contributed by atoms with Gasteiger partial charge in [0.05, 0.1) is 11.3 Å². The van der Waals surface area contributed by atoms with Crippen molar-refractivity contribution in [1.82, 2.24) is 4.90 Å². The molecule has 108 valence electrons. The van der Waals surface area contributed by atoms with Gasteiger partial charge >= 0.3 is 5.97 Å². The summed E-state index contributed by atoms with van der Waals surface area (Å²) in [7, 11) is 0. The topological polar surface area (TPSA) is 72.6 Å². The Morgan fingerprint density at radius 1 is 1.25 bits per heavy atom. The third-order valence-electron chi connectivity index (χ3n) is 3.27. The predicted molar refractivity (Wildman–Crippen MR) is 71.5 cm³/mol. The lowest BCUT2D eigenvalue weighted by Crippen LogP contribution is -2.38. The lowest BCUT2D eigenvalue weighted by molar-refractivity contribution is -0.135. The van der Waals surface area contributed by atoms with Gasteiger partial charge in [0.2, 0.25) is 0 Å². The second-order valence-electron chi connectivity index (χ2n) is 4.75. The molecule has 1 aromatic carbocycles. The lowest BCUT2D eigenvalue weighted by Gasteiger charge is -2.26. The number of nitrogens with two attached hydrogens (primary N) is 1. The van der Waals surface area contributed by atoms with Gasteiger partial charge in [-0.3, -0.25) is 4.79 Å². The fourth-order valence-electron chi connectivity index (χ4n) is 2.10. The zero-order chi connectivity index (χ0) is 14.5. The number of rotatable bonds is 3. The van der Waals surface area contributed by atoms with E-state index in [0.717, 1.165) is 25.3 Å². The first-order valence-corrected chi connectivity index (χ1v) is 6.58. The van der Waals surface area contributed by atoms with Crippen LogP contribution in [-0.4, -0.2) is 36.5 Å². The number of esters is 1. The number of halogens is 1. The van der Waals surface area contributed by atoms with Gasteiger partial charge in [0.15, 0.2) is 6.61 Å². The van der Waals surface area contributed by atoms with E-state index in [2.05, 4.69) is 0 Å². The molecule has 1 aromatic rings. The molecular formula is C14H17FN2O3. The summed E-state index contributed by atoms with van der Waals surface area (Å²) in [5.41, 5.74) is 5.33. The molecule has 1 aliphatic rings. The molecule has 1 heterocycles. The summed E-state index contributed by atoms with van der Waals surface area (Å²) in [6, 6.07) is 3.66. The number of hydrogen-bond donors (Lipinski definition) is 1. The number of likely N-dealkylation sites (tertiary alicyclic amines) is 1. The number of piperidine rings is 1. The van der Waals surface area contributed by atoms with Crippen LogP contribution in [0.5, 0.6) is 0 Å². The number of carbonyl (C=O) groups is 2. The Bertz CT molecular complexity index is 513. The van der Waals surface area contributed by atoms with E-state index < -0.39 is 11.8 Å². The summed E-state index contributed by atoms with van der Waals surface area (Å²) in [5, 5.41) is 0. The van der Waals surface area contributed by atoms with Crippen LogP contribution in [0.15, 0.2) is 18.2 Å². The second kappa shape index (κ2) is 6.36. The number of amides is 1. The highest BCUT2D eigenvalue weighted by atomic mass is 19.1. The first-order chi connectivity index (χ1) is 9.58. The largest absolute Gasteiger partial charge is 0.452 e. The third-order valence-corrected chi connectivity index (χ3v) is 3.27. The molecule has 0 unspecified atom stereocenters. The summed E-state index contributed by atoms with van der Waals surface area (Å²) in [6.07, 6.45) is 3.07. The lowest BCUT2D eigenvalue weighted by atomic mass is 10.1. The molecule has 1 fully saturated rings. The van der Waals surface area contributed by atoms with Gasteiger partial charge in [0.1, 0.15) is 5.82 Å². The summed E-state index contributed by atoms with van der Waals surface area (Å²) >= 11 is 0. The number of benzene rings is 1. The van der Waals surface area contributed by atoms with E-state index in [4.69, 9.17) is 10.5 Å². The molecule has 1 saturated heterocycles. The van der Waals surface area contributed by atoms with E-state index in [1.54, 1.807) is 4.90 Å². The molecule has 1 aliphatic heterocycles. The summed E-state index contributed by atoms with van der Waals surface area (Å²) in [6.45, 7) is 1.09. The summed E-state index contributed by atoms with van der Waals surface area (Å²) < 4.78 is 18.1. The zero-order valence-corrected chi connectivity index (χ0v) is 11.1. The number of carbonyl (C=O) groups excluding carboxylic acids is 2. The fraction of sp³-hybridized carbons (Fsp3) is 0.429. The van der Waals surface area contributed by atoms with Gasteiger partial charge in [-0.1, -0.05) is 0 Å². The zero-order valence-electron chi connectivity index (χ0n) is 11.1. The van der Waals surface area contributed by atoms with E-state index in [1.165, 1.54) is 12.1 Å². The Morgan fingerprint density at radius 3 is 2.60 bits per heavy atom. The van der Waals surface area contributed by atoms with Crippen LogP contribution in [0.2, 0.25) is 0 Å². The molecule has 2 N–H and O–H groups in total. The van der Waals surface area contributed by atoms with Crippen molar-refractivity contribution in [1.29, 1.82) is 0 Å². The highest BCUT2D eigenvalue weighted by Crippen LogP contribution is 2.13. The fourth-order valence-corrected chi connectivity index (χ4v) is 2.10. The molecule has 0 atom stereocenters. The minimum absolute atomic E-state index is 0.0362. The van der Waals surface area contributed by atoms with Crippen molar-refractivity contribution in [3.05, 3.63) is 29.6 Å². The molecule has 0 spiro atoms. The van der Waals surface area contributed by atoms with Crippen LogP contribution in [0.25, 0.3) is 0 Å². The van der Waals surface area contributed by atoms with Crippen molar-refractivity contribution in [2.45, 2.75) is 19.3 Å². The summed E-state index contributed by atoms with van der Waals surface area (Å²) in [4.78, 5) is 25.2.